The van der Waals surface area contributed by atoms with Crippen LogP contribution in [0.2, 0.25) is 0 Å². The molecule has 0 saturated carbocycles. The zero-order valence-electron chi connectivity index (χ0n) is 14.4. The highest BCUT2D eigenvalue weighted by molar-refractivity contribution is 8.00. The molecule has 1 aliphatic heterocycles. The van der Waals surface area contributed by atoms with Crippen molar-refractivity contribution in [1.29, 1.82) is 0 Å². The van der Waals surface area contributed by atoms with E-state index in [1.807, 2.05) is 11.0 Å². The predicted molar refractivity (Wildman–Crippen MR) is 104 cm³/mol. The lowest BCUT2D eigenvalue weighted by atomic mass is 10.2. The molecule has 0 spiro atoms. The first-order valence-electron chi connectivity index (χ1n) is 8.62. The fourth-order valence-electron chi connectivity index (χ4n) is 3.19. The van der Waals surface area contributed by atoms with Crippen LogP contribution < -0.4 is 0 Å². The molecule has 1 aromatic carbocycles. The van der Waals surface area contributed by atoms with Crippen molar-refractivity contribution in [2.24, 2.45) is 0 Å². The van der Waals surface area contributed by atoms with Crippen LogP contribution in [0.1, 0.15) is 6.92 Å². The molecule has 2 aromatic heterocycles. The number of nitrogens with zero attached hydrogens (tertiary/aromatic N) is 4. The Morgan fingerprint density at radius 1 is 1.27 bits per heavy atom. The van der Waals surface area contributed by atoms with E-state index in [1.54, 1.807) is 6.07 Å². The monoisotopic (exact) mass is 390 g/mol. The summed E-state index contributed by atoms with van der Waals surface area (Å²) >= 11 is 2.89. The number of carbonyl (C=O) groups excluding carboxylic acids is 1. The fraction of sp³-hybridized carbons (Fsp3) is 0.389. The zero-order valence-corrected chi connectivity index (χ0v) is 16.1. The molecule has 0 atom stereocenters. The average molecular weight is 391 g/mol. The molecule has 0 N–H and O–H groups in total. The third-order valence-corrected chi connectivity index (χ3v) is 6.95. The summed E-state index contributed by atoms with van der Waals surface area (Å²) in [5, 5.41) is 1.29. The molecule has 0 aliphatic carbocycles. The molecule has 3 aromatic rings. The van der Waals surface area contributed by atoms with Crippen molar-refractivity contribution in [3.05, 3.63) is 30.3 Å². The van der Waals surface area contributed by atoms with Gasteiger partial charge in [0.15, 0.2) is 0 Å². The number of aromatic nitrogens is 2. The molecule has 8 heteroatoms. The Bertz CT molecular complexity index is 953. The quantitative estimate of drug-likeness (QED) is 0.506. The lowest BCUT2D eigenvalue weighted by Gasteiger charge is -2.34. The van der Waals surface area contributed by atoms with Gasteiger partial charge in [0.05, 0.1) is 21.4 Å². The second-order valence-electron chi connectivity index (χ2n) is 6.18. The van der Waals surface area contributed by atoms with Crippen LogP contribution >= 0.6 is 23.1 Å². The van der Waals surface area contributed by atoms with Crippen LogP contribution in [-0.4, -0.2) is 64.2 Å². The first-order valence-corrected chi connectivity index (χ1v) is 10.4. The number of thiophene rings is 1. The molecule has 0 unspecified atom stereocenters. The Hall–Kier alpha value is -1.77. The SMILES string of the molecule is CCN1CCN(C(=O)CSc2ncnc3c2sc2cccc(F)c23)CC1. The minimum atomic E-state index is -0.270. The Morgan fingerprint density at radius 2 is 2.08 bits per heavy atom. The number of fused-ring (bicyclic) bond motifs is 3. The van der Waals surface area contributed by atoms with Crippen LogP contribution in [0.25, 0.3) is 20.3 Å². The van der Waals surface area contributed by atoms with E-state index >= 15 is 0 Å². The van der Waals surface area contributed by atoms with Gasteiger partial charge in [-0.05, 0) is 18.7 Å². The van der Waals surface area contributed by atoms with Crippen LogP contribution in [0.15, 0.2) is 29.6 Å². The topological polar surface area (TPSA) is 49.3 Å². The second-order valence-corrected chi connectivity index (χ2v) is 8.19. The van der Waals surface area contributed by atoms with E-state index in [-0.39, 0.29) is 11.7 Å². The summed E-state index contributed by atoms with van der Waals surface area (Å²) in [5.74, 6) is 0.202. The summed E-state index contributed by atoms with van der Waals surface area (Å²) in [6, 6.07) is 5.03. The molecule has 1 amide bonds. The molecule has 26 heavy (non-hydrogen) atoms. The third-order valence-electron chi connectivity index (χ3n) is 4.70. The summed E-state index contributed by atoms with van der Waals surface area (Å²) in [4.78, 5) is 25.4. The van der Waals surface area contributed by atoms with E-state index in [2.05, 4.69) is 21.8 Å². The molecular weight excluding hydrogens is 371 g/mol. The van der Waals surface area contributed by atoms with E-state index in [0.29, 0.717) is 16.7 Å². The van der Waals surface area contributed by atoms with Crippen LogP contribution in [0, 0.1) is 5.82 Å². The largest absolute Gasteiger partial charge is 0.339 e. The molecule has 5 nitrogen and oxygen atoms in total. The number of carbonyl (C=O) groups is 1. The lowest BCUT2D eigenvalue weighted by Crippen LogP contribution is -2.49. The van der Waals surface area contributed by atoms with E-state index in [4.69, 9.17) is 0 Å². The van der Waals surface area contributed by atoms with Gasteiger partial charge < -0.3 is 9.80 Å². The summed E-state index contributed by atoms with van der Waals surface area (Å²) in [5.41, 5.74) is 0.629. The lowest BCUT2D eigenvalue weighted by molar-refractivity contribution is -0.130. The third kappa shape index (κ3) is 3.28. The van der Waals surface area contributed by atoms with Crippen molar-refractivity contribution in [1.82, 2.24) is 19.8 Å². The highest BCUT2D eigenvalue weighted by Gasteiger charge is 2.21. The van der Waals surface area contributed by atoms with E-state index < -0.39 is 0 Å². The first kappa shape index (κ1) is 17.6. The number of hydrogen-bond donors (Lipinski definition) is 0. The van der Waals surface area contributed by atoms with Crippen molar-refractivity contribution in [3.8, 4) is 0 Å². The van der Waals surface area contributed by atoms with Crippen molar-refractivity contribution < 1.29 is 9.18 Å². The maximum atomic E-state index is 14.2. The van der Waals surface area contributed by atoms with E-state index in [0.717, 1.165) is 47.1 Å². The fourth-order valence-corrected chi connectivity index (χ4v) is 5.34. The molecule has 1 saturated heterocycles. The Morgan fingerprint density at radius 3 is 2.85 bits per heavy atom. The highest BCUT2D eigenvalue weighted by Crippen LogP contribution is 2.38. The average Bonchev–Trinajstić information content (AvgIpc) is 3.06. The summed E-state index contributed by atoms with van der Waals surface area (Å²) in [7, 11) is 0. The van der Waals surface area contributed by atoms with Gasteiger partial charge in [-0.1, -0.05) is 24.8 Å². The van der Waals surface area contributed by atoms with Crippen molar-refractivity contribution in [3.63, 3.8) is 0 Å². The molecule has 1 aliphatic rings. The molecule has 0 bridgehead atoms. The van der Waals surface area contributed by atoms with Crippen LogP contribution in [0.5, 0.6) is 0 Å². The number of piperazine rings is 1. The van der Waals surface area contributed by atoms with E-state index in [9.17, 15) is 9.18 Å². The van der Waals surface area contributed by atoms with Gasteiger partial charge >= 0.3 is 0 Å². The molecule has 3 heterocycles. The van der Waals surface area contributed by atoms with Crippen LogP contribution in [0.3, 0.4) is 0 Å². The summed E-state index contributed by atoms with van der Waals surface area (Å²) in [6.07, 6.45) is 1.45. The minimum Gasteiger partial charge on any atom is -0.339 e. The van der Waals surface area contributed by atoms with Crippen molar-refractivity contribution >= 4 is 49.3 Å². The summed E-state index contributed by atoms with van der Waals surface area (Å²) in [6.45, 7) is 6.58. The van der Waals surface area contributed by atoms with Gasteiger partial charge in [-0.15, -0.1) is 11.3 Å². The number of likely N-dealkylation sites (N-methyl/N-ethyl adjacent to an activating group) is 1. The minimum absolute atomic E-state index is 0.129. The molecule has 4 rings (SSSR count). The van der Waals surface area contributed by atoms with Gasteiger partial charge in [0.2, 0.25) is 5.91 Å². The standard InChI is InChI=1S/C18H19FN4OS2/c1-2-22-6-8-23(9-7-22)14(24)10-25-18-17-16(20-11-21-18)15-12(19)4-3-5-13(15)26-17/h3-5,11H,2,6-10H2,1H3. The number of rotatable bonds is 4. The molecule has 0 radical (unpaired) electrons. The highest BCUT2D eigenvalue weighted by atomic mass is 32.2. The molecular formula is C18H19FN4OS2. The zero-order chi connectivity index (χ0) is 18.1. The predicted octanol–water partition coefficient (Wildman–Crippen LogP) is 3.24. The van der Waals surface area contributed by atoms with Gasteiger partial charge in [0.1, 0.15) is 17.2 Å². The Labute approximate surface area is 159 Å². The summed E-state index contributed by atoms with van der Waals surface area (Å²) < 4.78 is 15.9. The number of amides is 1. The number of hydrogen-bond acceptors (Lipinski definition) is 6. The Balaban J connectivity index is 1.52. The van der Waals surface area contributed by atoms with Gasteiger partial charge in [0.25, 0.3) is 0 Å². The molecule has 1 fully saturated rings. The Kier molecular flexibility index (Phi) is 5.06. The number of halogens is 1. The van der Waals surface area contributed by atoms with E-state index in [1.165, 1.54) is 35.5 Å². The maximum Gasteiger partial charge on any atom is 0.233 e. The smallest absolute Gasteiger partial charge is 0.233 e. The van der Waals surface area contributed by atoms with Gasteiger partial charge in [-0.3, -0.25) is 4.79 Å². The molecule has 136 valence electrons. The van der Waals surface area contributed by atoms with Crippen LogP contribution in [0.4, 0.5) is 4.39 Å². The normalized spacial score (nSPS) is 15.8. The number of thioether (sulfide) groups is 1. The van der Waals surface area contributed by atoms with Crippen molar-refractivity contribution in [2.75, 3.05) is 38.5 Å². The maximum absolute atomic E-state index is 14.2. The van der Waals surface area contributed by atoms with Gasteiger partial charge in [-0.25, -0.2) is 14.4 Å². The van der Waals surface area contributed by atoms with Crippen molar-refractivity contribution in [2.45, 2.75) is 11.9 Å². The van der Waals surface area contributed by atoms with Crippen LogP contribution in [-0.2, 0) is 4.79 Å². The second kappa shape index (κ2) is 7.46. The van der Waals surface area contributed by atoms with Gasteiger partial charge in [-0.2, -0.15) is 0 Å². The number of benzene rings is 1. The first-order chi connectivity index (χ1) is 12.7. The van der Waals surface area contributed by atoms with Gasteiger partial charge in [0, 0.05) is 30.9 Å².